The minimum absolute atomic E-state index is 0. The van der Waals surface area contributed by atoms with E-state index in [1.54, 1.807) is 0 Å². The molecule has 0 bridgehead atoms. The second kappa shape index (κ2) is 18.5. The second-order valence-corrected chi connectivity index (χ2v) is 7.25. The van der Waals surface area contributed by atoms with Crippen LogP contribution in [0.1, 0.15) is 41.4 Å². The third-order valence-electron chi connectivity index (χ3n) is 4.36. The number of rotatable bonds is 4. The quantitative estimate of drug-likeness (QED) is 0.161. The van der Waals surface area contributed by atoms with Crippen LogP contribution in [0.4, 0.5) is 17.6 Å². The summed E-state index contributed by atoms with van der Waals surface area (Å²) in [6.07, 6.45) is 0. The summed E-state index contributed by atoms with van der Waals surface area (Å²) in [5.41, 5.74) is 0.394. The van der Waals surface area contributed by atoms with Crippen molar-refractivity contribution in [1.29, 1.82) is 0 Å². The van der Waals surface area contributed by atoms with Gasteiger partial charge in [-0.25, -0.2) is 36.7 Å². The monoisotopic (exact) mass is 608 g/mol. The summed E-state index contributed by atoms with van der Waals surface area (Å²) >= 11 is 0. The minimum atomic E-state index is -1.04. The Balaban J connectivity index is 0.000000516. The molecule has 0 saturated carbocycles. The van der Waals surface area contributed by atoms with Crippen LogP contribution in [0.3, 0.4) is 0 Å². The number of benzene rings is 4. The van der Waals surface area contributed by atoms with E-state index in [1.165, 1.54) is 48.5 Å². The van der Waals surface area contributed by atoms with Gasteiger partial charge in [0.15, 0.2) is 0 Å². The van der Waals surface area contributed by atoms with E-state index in [0.29, 0.717) is 0 Å². The number of hydrogen-bond donors (Lipinski definition) is 4. The van der Waals surface area contributed by atoms with Gasteiger partial charge in [-0.1, -0.05) is 0 Å². The molecule has 13 heteroatoms. The smallest absolute Gasteiger partial charge is 0.335 e. The first-order chi connectivity index (χ1) is 18.8. The number of halogens is 4. The fourth-order valence-corrected chi connectivity index (χ4v) is 2.37. The van der Waals surface area contributed by atoms with Crippen molar-refractivity contribution in [3.63, 3.8) is 0 Å². The average molecular weight is 608 g/mol. The molecule has 8 nitrogen and oxygen atoms in total. The van der Waals surface area contributed by atoms with E-state index in [2.05, 4.69) is 0 Å². The van der Waals surface area contributed by atoms with Crippen LogP contribution in [0.5, 0.6) is 0 Å². The Morgan fingerprint density at radius 1 is 0.341 bits per heavy atom. The molecule has 0 aromatic heterocycles. The molecule has 0 heterocycles. The molecule has 4 N–H and O–H groups in total. The first-order valence-corrected chi connectivity index (χ1v) is 10.8. The van der Waals surface area contributed by atoms with Crippen molar-refractivity contribution in [2.45, 2.75) is 0 Å². The summed E-state index contributed by atoms with van der Waals surface area (Å²) in [6, 6.07) is 18.7. The van der Waals surface area contributed by atoms with Crippen LogP contribution >= 0.6 is 0 Å². The first-order valence-electron chi connectivity index (χ1n) is 10.8. The van der Waals surface area contributed by atoms with E-state index in [-0.39, 0.29) is 44.0 Å². The third kappa shape index (κ3) is 14.8. The summed E-state index contributed by atoms with van der Waals surface area (Å²) in [4.78, 5) is 40.8. The predicted molar refractivity (Wildman–Crippen MR) is 133 cm³/mol. The number of aromatic carboxylic acids is 4. The van der Waals surface area contributed by atoms with Crippen LogP contribution in [0.25, 0.3) is 0 Å². The van der Waals surface area contributed by atoms with Crippen LogP contribution in [-0.4, -0.2) is 44.3 Å². The Hall–Kier alpha value is -4.81. The van der Waals surface area contributed by atoms with Crippen molar-refractivity contribution in [3.8, 4) is 0 Å². The van der Waals surface area contributed by atoms with Crippen molar-refractivity contribution in [3.05, 3.63) is 143 Å². The fraction of sp³-hybridized carbons (Fsp3) is 0. The van der Waals surface area contributed by atoms with Gasteiger partial charge in [-0.3, -0.25) is 0 Å². The van der Waals surface area contributed by atoms with Crippen molar-refractivity contribution in [2.75, 3.05) is 0 Å². The normalized spacial score (nSPS) is 9.07. The van der Waals surface area contributed by atoms with Gasteiger partial charge in [0.05, 0.1) is 22.3 Å². The molecule has 0 aliphatic heterocycles. The Morgan fingerprint density at radius 2 is 0.463 bits per heavy atom. The molecule has 0 aliphatic carbocycles. The average Bonchev–Trinajstić information content (AvgIpc) is 2.91. The largest absolute Gasteiger partial charge is 0.478 e. The molecule has 0 amide bonds. The number of carboxylic acid groups (broad SMARTS) is 4. The van der Waals surface area contributed by atoms with Crippen LogP contribution in [0, 0.1) is 23.3 Å². The number of hydrogen-bond acceptors (Lipinski definition) is 4. The maximum absolute atomic E-state index is 12.2. The predicted octanol–water partition coefficient (Wildman–Crippen LogP) is 6.09. The maximum atomic E-state index is 12.2. The number of carboxylic acids is 4. The molecule has 212 valence electrons. The standard InChI is InChI=1S/4C7H5FO2.Ti/c4*8-6-3-1-5(2-4-6)7(9)10;/h4*1-4H,(H,9,10);. The Kier molecular flexibility index (Phi) is 16.3. The first kappa shape index (κ1) is 36.2. The van der Waals surface area contributed by atoms with E-state index in [9.17, 15) is 36.7 Å². The van der Waals surface area contributed by atoms with E-state index in [0.717, 1.165) is 48.5 Å². The fourth-order valence-electron chi connectivity index (χ4n) is 2.37. The van der Waals surface area contributed by atoms with E-state index >= 15 is 0 Å². The third-order valence-corrected chi connectivity index (χ3v) is 4.36. The van der Waals surface area contributed by atoms with Crippen LogP contribution in [0.2, 0.25) is 0 Å². The summed E-state index contributed by atoms with van der Waals surface area (Å²) in [6.45, 7) is 0. The van der Waals surface area contributed by atoms with Crippen LogP contribution in [0.15, 0.2) is 97.1 Å². The van der Waals surface area contributed by atoms with Gasteiger partial charge < -0.3 is 20.4 Å². The van der Waals surface area contributed by atoms with Gasteiger partial charge >= 0.3 is 23.9 Å². The molecule has 4 aromatic carbocycles. The molecule has 41 heavy (non-hydrogen) atoms. The van der Waals surface area contributed by atoms with Crippen molar-refractivity contribution >= 4 is 23.9 Å². The second-order valence-electron chi connectivity index (χ2n) is 7.25. The molecule has 0 radical (unpaired) electrons. The SMILES string of the molecule is O=C(O)c1ccc(F)cc1.O=C(O)c1ccc(F)cc1.O=C(O)c1ccc(F)cc1.O=C(O)c1ccc(F)cc1.[Ti]. The van der Waals surface area contributed by atoms with Crippen molar-refractivity contribution in [2.24, 2.45) is 0 Å². The molecule has 0 saturated heterocycles. The summed E-state index contributed by atoms with van der Waals surface area (Å²) in [5.74, 6) is -5.87. The minimum Gasteiger partial charge on any atom is -0.478 e. The van der Waals surface area contributed by atoms with E-state index in [1.807, 2.05) is 0 Å². The van der Waals surface area contributed by atoms with Gasteiger partial charge in [0.25, 0.3) is 0 Å². The number of carbonyl (C=O) groups is 4. The Morgan fingerprint density at radius 3 is 0.561 bits per heavy atom. The van der Waals surface area contributed by atoms with Gasteiger partial charge in [-0.15, -0.1) is 0 Å². The Bertz CT molecular complexity index is 1190. The molecular formula is C28H20F4O8Ti. The zero-order valence-corrected chi connectivity index (χ0v) is 22.2. The zero-order valence-electron chi connectivity index (χ0n) is 20.7. The molecule has 0 atom stereocenters. The molecular weight excluding hydrogens is 588 g/mol. The van der Waals surface area contributed by atoms with Crippen molar-refractivity contribution < 1.29 is 78.9 Å². The van der Waals surface area contributed by atoms with Gasteiger partial charge in [-0.05, 0) is 97.1 Å². The van der Waals surface area contributed by atoms with Crippen LogP contribution in [-0.2, 0) is 21.7 Å². The summed E-state index contributed by atoms with van der Waals surface area (Å²) < 4.78 is 48.6. The summed E-state index contributed by atoms with van der Waals surface area (Å²) in [5, 5.41) is 33.4. The molecule has 4 rings (SSSR count). The zero-order chi connectivity index (χ0) is 30.2. The molecule has 0 aliphatic rings. The van der Waals surface area contributed by atoms with Gasteiger partial charge in [0, 0.05) is 21.7 Å². The Labute approximate surface area is 245 Å². The topological polar surface area (TPSA) is 149 Å². The molecule has 0 fully saturated rings. The molecule has 0 unspecified atom stereocenters. The molecule has 0 spiro atoms. The van der Waals surface area contributed by atoms with Crippen molar-refractivity contribution in [1.82, 2.24) is 0 Å². The van der Waals surface area contributed by atoms with E-state index < -0.39 is 47.1 Å². The molecule has 4 aromatic rings. The van der Waals surface area contributed by atoms with E-state index in [4.69, 9.17) is 20.4 Å². The van der Waals surface area contributed by atoms with Gasteiger partial charge in [-0.2, -0.15) is 0 Å². The maximum Gasteiger partial charge on any atom is 0.335 e. The summed E-state index contributed by atoms with van der Waals surface area (Å²) in [7, 11) is 0. The van der Waals surface area contributed by atoms with Crippen LogP contribution < -0.4 is 0 Å². The van der Waals surface area contributed by atoms with Gasteiger partial charge in [0.1, 0.15) is 23.3 Å². The van der Waals surface area contributed by atoms with Gasteiger partial charge in [0.2, 0.25) is 0 Å².